The summed E-state index contributed by atoms with van der Waals surface area (Å²) in [5.74, 6) is 0. The summed E-state index contributed by atoms with van der Waals surface area (Å²) >= 11 is 0. The standard InChI is InChI=1S/C16H19NO/c17-11-5-7-13-6-4-10-15(12-13)16(18)14-8-2-1-3-9-14/h1-4,6,8-10,12,16,18H,5,7,11,17H2/t16-/m1/s1. The van der Waals surface area contributed by atoms with E-state index in [4.69, 9.17) is 5.73 Å². The first-order valence-electron chi connectivity index (χ1n) is 6.33. The molecule has 0 radical (unpaired) electrons. The smallest absolute Gasteiger partial charge is 0.104 e. The lowest BCUT2D eigenvalue weighted by Gasteiger charge is -2.12. The molecule has 0 heterocycles. The zero-order chi connectivity index (χ0) is 12.8. The minimum atomic E-state index is -0.552. The van der Waals surface area contributed by atoms with Crippen LogP contribution in [0.4, 0.5) is 0 Å². The molecule has 0 bridgehead atoms. The van der Waals surface area contributed by atoms with Gasteiger partial charge in [-0.3, -0.25) is 0 Å². The predicted octanol–water partition coefficient (Wildman–Crippen LogP) is 2.66. The average molecular weight is 241 g/mol. The fourth-order valence-electron chi connectivity index (χ4n) is 2.05. The third-order valence-corrected chi connectivity index (χ3v) is 3.05. The highest BCUT2D eigenvalue weighted by molar-refractivity contribution is 5.32. The van der Waals surface area contributed by atoms with Crippen molar-refractivity contribution < 1.29 is 5.11 Å². The van der Waals surface area contributed by atoms with Crippen LogP contribution in [0, 0.1) is 0 Å². The highest BCUT2D eigenvalue weighted by Gasteiger charge is 2.09. The van der Waals surface area contributed by atoms with Crippen LogP contribution in [0.25, 0.3) is 0 Å². The molecular formula is C16H19NO. The Hall–Kier alpha value is -1.64. The van der Waals surface area contributed by atoms with Crippen molar-refractivity contribution in [1.82, 2.24) is 0 Å². The average Bonchev–Trinajstić information content (AvgIpc) is 2.45. The van der Waals surface area contributed by atoms with Gasteiger partial charge in [-0.2, -0.15) is 0 Å². The number of aliphatic hydroxyl groups excluding tert-OH is 1. The molecule has 1 atom stereocenters. The lowest BCUT2D eigenvalue weighted by Crippen LogP contribution is -2.02. The second-order valence-corrected chi connectivity index (χ2v) is 4.45. The van der Waals surface area contributed by atoms with Crippen molar-refractivity contribution in [2.75, 3.05) is 6.54 Å². The first-order valence-corrected chi connectivity index (χ1v) is 6.33. The minimum Gasteiger partial charge on any atom is -0.384 e. The Kier molecular flexibility index (Phi) is 4.51. The van der Waals surface area contributed by atoms with E-state index in [1.165, 1.54) is 5.56 Å². The number of hydrogen-bond donors (Lipinski definition) is 2. The summed E-state index contributed by atoms with van der Waals surface area (Å²) in [4.78, 5) is 0. The third kappa shape index (κ3) is 3.19. The van der Waals surface area contributed by atoms with E-state index in [9.17, 15) is 5.11 Å². The van der Waals surface area contributed by atoms with Crippen molar-refractivity contribution in [2.45, 2.75) is 18.9 Å². The summed E-state index contributed by atoms with van der Waals surface area (Å²) < 4.78 is 0. The van der Waals surface area contributed by atoms with Crippen LogP contribution in [0.5, 0.6) is 0 Å². The van der Waals surface area contributed by atoms with Gasteiger partial charge in [-0.05, 0) is 36.1 Å². The molecule has 0 spiro atoms. The molecule has 2 aromatic carbocycles. The topological polar surface area (TPSA) is 46.2 Å². The molecular weight excluding hydrogens is 222 g/mol. The number of hydrogen-bond acceptors (Lipinski definition) is 2. The van der Waals surface area contributed by atoms with Gasteiger partial charge in [-0.1, -0.05) is 54.6 Å². The lowest BCUT2D eigenvalue weighted by molar-refractivity contribution is 0.220. The molecule has 0 fully saturated rings. The van der Waals surface area contributed by atoms with Crippen LogP contribution >= 0.6 is 0 Å². The van der Waals surface area contributed by atoms with Gasteiger partial charge in [0.15, 0.2) is 0 Å². The van der Waals surface area contributed by atoms with Gasteiger partial charge >= 0.3 is 0 Å². The number of rotatable bonds is 5. The van der Waals surface area contributed by atoms with Gasteiger partial charge in [-0.15, -0.1) is 0 Å². The maximum atomic E-state index is 10.3. The summed E-state index contributed by atoms with van der Waals surface area (Å²) in [5.41, 5.74) is 8.61. The van der Waals surface area contributed by atoms with Crippen molar-refractivity contribution in [3.8, 4) is 0 Å². The molecule has 3 N–H and O–H groups in total. The summed E-state index contributed by atoms with van der Waals surface area (Å²) in [6.45, 7) is 0.700. The van der Waals surface area contributed by atoms with Crippen LogP contribution in [-0.4, -0.2) is 11.7 Å². The van der Waals surface area contributed by atoms with Gasteiger partial charge in [0.25, 0.3) is 0 Å². The molecule has 2 heteroatoms. The van der Waals surface area contributed by atoms with Gasteiger partial charge < -0.3 is 10.8 Å². The second-order valence-electron chi connectivity index (χ2n) is 4.45. The number of benzene rings is 2. The van der Waals surface area contributed by atoms with E-state index < -0.39 is 6.10 Å². The summed E-state index contributed by atoms with van der Waals surface area (Å²) in [6, 6.07) is 17.8. The molecule has 0 saturated heterocycles. The fraction of sp³-hybridized carbons (Fsp3) is 0.250. The first kappa shape index (κ1) is 12.8. The SMILES string of the molecule is NCCCc1cccc([C@H](O)c2ccccc2)c1. The summed E-state index contributed by atoms with van der Waals surface area (Å²) in [6.07, 6.45) is 1.39. The van der Waals surface area contributed by atoms with Crippen LogP contribution in [0.2, 0.25) is 0 Å². The van der Waals surface area contributed by atoms with E-state index in [2.05, 4.69) is 12.1 Å². The number of nitrogens with two attached hydrogens (primary N) is 1. The highest BCUT2D eigenvalue weighted by atomic mass is 16.3. The molecule has 0 aliphatic rings. The summed E-state index contributed by atoms with van der Waals surface area (Å²) in [7, 11) is 0. The van der Waals surface area contributed by atoms with Crippen molar-refractivity contribution in [3.05, 3.63) is 71.3 Å². The van der Waals surface area contributed by atoms with Crippen LogP contribution in [0.15, 0.2) is 54.6 Å². The molecule has 0 aromatic heterocycles. The van der Waals surface area contributed by atoms with E-state index in [1.807, 2.05) is 42.5 Å². The van der Waals surface area contributed by atoms with Gasteiger partial charge in [0.2, 0.25) is 0 Å². The van der Waals surface area contributed by atoms with Crippen molar-refractivity contribution in [3.63, 3.8) is 0 Å². The van der Waals surface area contributed by atoms with Crippen LogP contribution in [0.1, 0.15) is 29.2 Å². The van der Waals surface area contributed by atoms with E-state index in [-0.39, 0.29) is 0 Å². The molecule has 0 unspecified atom stereocenters. The Morgan fingerprint density at radius 2 is 1.67 bits per heavy atom. The zero-order valence-electron chi connectivity index (χ0n) is 10.4. The Labute approximate surface area is 108 Å². The molecule has 0 amide bonds. The quantitative estimate of drug-likeness (QED) is 0.845. The molecule has 0 saturated carbocycles. The van der Waals surface area contributed by atoms with Crippen molar-refractivity contribution in [2.24, 2.45) is 5.73 Å². The van der Waals surface area contributed by atoms with Crippen LogP contribution in [0.3, 0.4) is 0 Å². The summed E-state index contributed by atoms with van der Waals surface area (Å²) in [5, 5.41) is 10.3. The first-order chi connectivity index (χ1) is 8.81. The predicted molar refractivity (Wildman–Crippen MR) is 74.3 cm³/mol. The molecule has 94 valence electrons. The Morgan fingerprint density at radius 1 is 0.944 bits per heavy atom. The maximum Gasteiger partial charge on any atom is 0.104 e. The zero-order valence-corrected chi connectivity index (χ0v) is 10.4. The third-order valence-electron chi connectivity index (χ3n) is 3.05. The molecule has 2 nitrogen and oxygen atoms in total. The second kappa shape index (κ2) is 6.34. The van der Waals surface area contributed by atoms with E-state index in [0.717, 1.165) is 24.0 Å². The van der Waals surface area contributed by atoms with Gasteiger partial charge in [-0.25, -0.2) is 0 Å². The molecule has 2 aromatic rings. The van der Waals surface area contributed by atoms with E-state index in [1.54, 1.807) is 0 Å². The van der Waals surface area contributed by atoms with E-state index in [0.29, 0.717) is 6.54 Å². The van der Waals surface area contributed by atoms with Crippen molar-refractivity contribution in [1.29, 1.82) is 0 Å². The monoisotopic (exact) mass is 241 g/mol. The van der Waals surface area contributed by atoms with Gasteiger partial charge in [0, 0.05) is 0 Å². The van der Waals surface area contributed by atoms with Crippen LogP contribution in [-0.2, 0) is 6.42 Å². The van der Waals surface area contributed by atoms with Gasteiger partial charge in [0.1, 0.15) is 6.10 Å². The van der Waals surface area contributed by atoms with E-state index >= 15 is 0 Å². The van der Waals surface area contributed by atoms with Gasteiger partial charge in [0.05, 0.1) is 0 Å². The number of aryl methyl sites for hydroxylation is 1. The normalized spacial score (nSPS) is 12.3. The molecule has 0 aliphatic carbocycles. The largest absolute Gasteiger partial charge is 0.384 e. The maximum absolute atomic E-state index is 10.3. The molecule has 18 heavy (non-hydrogen) atoms. The molecule has 0 aliphatic heterocycles. The fourth-order valence-corrected chi connectivity index (χ4v) is 2.05. The minimum absolute atomic E-state index is 0.552. The lowest BCUT2D eigenvalue weighted by atomic mass is 9.98. The van der Waals surface area contributed by atoms with Crippen LogP contribution < -0.4 is 5.73 Å². The Bertz CT molecular complexity index is 481. The van der Waals surface area contributed by atoms with Crippen molar-refractivity contribution >= 4 is 0 Å². The Balaban J connectivity index is 2.17. The Morgan fingerprint density at radius 3 is 2.39 bits per heavy atom. The highest BCUT2D eigenvalue weighted by Crippen LogP contribution is 2.22. The number of aliphatic hydroxyl groups is 1. The molecule has 2 rings (SSSR count).